The van der Waals surface area contributed by atoms with E-state index in [-0.39, 0.29) is 5.91 Å². The summed E-state index contributed by atoms with van der Waals surface area (Å²) in [6.45, 7) is 5.97. The molecule has 1 amide bonds. The van der Waals surface area contributed by atoms with Gasteiger partial charge in [-0.25, -0.2) is 0 Å². The second-order valence-corrected chi connectivity index (χ2v) is 4.62. The van der Waals surface area contributed by atoms with Gasteiger partial charge in [-0.3, -0.25) is 9.48 Å². The van der Waals surface area contributed by atoms with E-state index in [1.165, 1.54) is 4.68 Å². The van der Waals surface area contributed by atoms with Crippen molar-refractivity contribution in [3.05, 3.63) is 11.4 Å². The van der Waals surface area contributed by atoms with Crippen LogP contribution in [0.3, 0.4) is 0 Å². The van der Waals surface area contributed by atoms with Crippen molar-refractivity contribution in [1.29, 1.82) is 0 Å². The fourth-order valence-electron chi connectivity index (χ4n) is 1.39. The monoisotopic (exact) mass is 240 g/mol. The van der Waals surface area contributed by atoms with Crippen LogP contribution in [-0.2, 0) is 11.8 Å². The van der Waals surface area contributed by atoms with Gasteiger partial charge in [0.1, 0.15) is 5.69 Å². The Morgan fingerprint density at radius 1 is 1.59 bits per heavy atom. The van der Waals surface area contributed by atoms with Gasteiger partial charge in [0.25, 0.3) is 5.91 Å². The average molecular weight is 240 g/mol. The van der Waals surface area contributed by atoms with Gasteiger partial charge in [-0.15, -0.1) is 0 Å². The normalized spacial score (nSPS) is 11.6. The summed E-state index contributed by atoms with van der Waals surface area (Å²) in [6.07, 6.45) is 0. The van der Waals surface area contributed by atoms with E-state index in [0.29, 0.717) is 23.6 Å². The predicted molar refractivity (Wildman–Crippen MR) is 65.8 cm³/mol. The smallest absolute Gasteiger partial charge is 0.271 e. The number of amides is 1. The maximum absolute atomic E-state index is 12.0. The first-order valence-corrected chi connectivity index (χ1v) is 5.41. The number of aromatic nitrogens is 2. The van der Waals surface area contributed by atoms with Gasteiger partial charge in [-0.1, -0.05) is 0 Å². The Kier molecular flexibility index (Phi) is 3.77. The third-order valence-electron chi connectivity index (χ3n) is 2.71. The van der Waals surface area contributed by atoms with Crippen molar-refractivity contribution in [1.82, 2.24) is 15.1 Å². The van der Waals surface area contributed by atoms with E-state index >= 15 is 0 Å². The van der Waals surface area contributed by atoms with E-state index < -0.39 is 5.60 Å². The van der Waals surface area contributed by atoms with Crippen molar-refractivity contribution in [3.8, 4) is 0 Å². The fourth-order valence-corrected chi connectivity index (χ4v) is 1.39. The lowest BCUT2D eigenvalue weighted by Crippen LogP contribution is -2.40. The number of rotatable bonds is 4. The number of methoxy groups -OCH3 is 1. The molecule has 96 valence electrons. The highest BCUT2D eigenvalue weighted by Crippen LogP contribution is 2.15. The molecule has 0 spiro atoms. The molecule has 1 heterocycles. The molecule has 0 aromatic carbocycles. The van der Waals surface area contributed by atoms with Gasteiger partial charge in [0.2, 0.25) is 0 Å². The lowest BCUT2D eigenvalue weighted by atomic mass is 10.1. The number of anilines is 1. The molecule has 0 aliphatic carbocycles. The summed E-state index contributed by atoms with van der Waals surface area (Å²) >= 11 is 0. The molecule has 0 atom stereocenters. The van der Waals surface area contributed by atoms with Gasteiger partial charge >= 0.3 is 0 Å². The van der Waals surface area contributed by atoms with Crippen LogP contribution in [0.15, 0.2) is 0 Å². The summed E-state index contributed by atoms with van der Waals surface area (Å²) in [5.74, 6) is -0.240. The molecule has 6 heteroatoms. The number of nitrogen functional groups attached to an aromatic ring is 1. The second kappa shape index (κ2) is 4.75. The Morgan fingerprint density at radius 3 is 2.59 bits per heavy atom. The van der Waals surface area contributed by atoms with Crippen molar-refractivity contribution >= 4 is 11.6 Å². The van der Waals surface area contributed by atoms with Crippen molar-refractivity contribution in [2.75, 3.05) is 19.4 Å². The van der Waals surface area contributed by atoms with Gasteiger partial charge in [0.05, 0.1) is 17.0 Å². The Hall–Kier alpha value is -1.56. The number of nitrogens with zero attached hydrogens (tertiary/aromatic N) is 2. The minimum absolute atomic E-state index is 0.240. The van der Waals surface area contributed by atoms with Crippen LogP contribution in [0.2, 0.25) is 0 Å². The number of ether oxygens (including phenoxy) is 1. The van der Waals surface area contributed by atoms with E-state index in [1.807, 2.05) is 13.8 Å². The van der Waals surface area contributed by atoms with E-state index in [9.17, 15) is 4.79 Å². The fraction of sp³-hybridized carbons (Fsp3) is 0.636. The minimum atomic E-state index is -0.405. The molecule has 0 unspecified atom stereocenters. The first kappa shape index (κ1) is 13.5. The van der Waals surface area contributed by atoms with Crippen LogP contribution in [-0.4, -0.2) is 34.9 Å². The second-order valence-electron chi connectivity index (χ2n) is 4.62. The molecule has 0 radical (unpaired) electrons. The van der Waals surface area contributed by atoms with Crippen LogP contribution < -0.4 is 11.1 Å². The van der Waals surface area contributed by atoms with Crippen LogP contribution in [0.4, 0.5) is 5.69 Å². The van der Waals surface area contributed by atoms with E-state index in [4.69, 9.17) is 10.5 Å². The minimum Gasteiger partial charge on any atom is -0.395 e. The molecule has 0 fully saturated rings. The number of aryl methyl sites for hydroxylation is 2. The third kappa shape index (κ3) is 2.97. The van der Waals surface area contributed by atoms with Gasteiger partial charge < -0.3 is 15.8 Å². The van der Waals surface area contributed by atoms with Crippen molar-refractivity contribution in [2.45, 2.75) is 26.4 Å². The number of carbonyl (C=O) groups is 1. The SMILES string of the molecule is COC(C)(C)CNC(=O)c1c(N)c(C)nn1C. The van der Waals surface area contributed by atoms with Crippen LogP contribution in [0.25, 0.3) is 0 Å². The van der Waals surface area contributed by atoms with Crippen LogP contribution in [0, 0.1) is 6.92 Å². The first-order valence-electron chi connectivity index (χ1n) is 5.41. The van der Waals surface area contributed by atoms with Crippen molar-refractivity contribution in [3.63, 3.8) is 0 Å². The molecule has 0 aliphatic heterocycles. The zero-order valence-electron chi connectivity index (χ0n) is 11.0. The van der Waals surface area contributed by atoms with Crippen molar-refractivity contribution < 1.29 is 9.53 Å². The average Bonchev–Trinajstić information content (AvgIpc) is 2.50. The topological polar surface area (TPSA) is 82.2 Å². The molecule has 1 aromatic heterocycles. The number of hydrogen-bond acceptors (Lipinski definition) is 4. The maximum atomic E-state index is 12.0. The Morgan fingerprint density at radius 2 is 2.18 bits per heavy atom. The summed E-state index contributed by atoms with van der Waals surface area (Å²) in [7, 11) is 3.30. The molecular formula is C11H20N4O2. The van der Waals surface area contributed by atoms with Gasteiger partial charge in [0, 0.05) is 20.7 Å². The van der Waals surface area contributed by atoms with E-state index in [1.54, 1.807) is 21.1 Å². The number of nitrogens with two attached hydrogens (primary N) is 1. The zero-order chi connectivity index (χ0) is 13.2. The van der Waals surface area contributed by atoms with Crippen LogP contribution in [0.1, 0.15) is 30.0 Å². The summed E-state index contributed by atoms with van der Waals surface area (Å²) < 4.78 is 6.71. The Balaban J connectivity index is 2.78. The maximum Gasteiger partial charge on any atom is 0.271 e. The Labute approximate surface area is 101 Å². The molecule has 1 rings (SSSR count). The lowest BCUT2D eigenvalue weighted by Gasteiger charge is -2.23. The summed E-state index contributed by atoms with van der Waals surface area (Å²) in [4.78, 5) is 12.0. The first-order chi connectivity index (χ1) is 7.78. The zero-order valence-corrected chi connectivity index (χ0v) is 11.0. The van der Waals surface area contributed by atoms with Gasteiger partial charge in [-0.2, -0.15) is 5.10 Å². The molecule has 6 nitrogen and oxygen atoms in total. The standard InChI is InChI=1S/C11H20N4O2/c1-7-8(12)9(15(4)14-7)10(16)13-6-11(2,3)17-5/h6,12H2,1-5H3,(H,13,16). The van der Waals surface area contributed by atoms with Crippen LogP contribution in [0.5, 0.6) is 0 Å². The number of carbonyl (C=O) groups excluding carboxylic acids is 1. The number of nitrogens with one attached hydrogen (secondary N) is 1. The predicted octanol–water partition coefficient (Wildman–Crippen LogP) is 0.466. The Bertz CT molecular complexity index is 423. The summed E-state index contributed by atoms with van der Waals surface area (Å²) in [6, 6.07) is 0. The molecule has 0 saturated heterocycles. The molecule has 17 heavy (non-hydrogen) atoms. The van der Waals surface area contributed by atoms with Crippen LogP contribution >= 0.6 is 0 Å². The summed E-state index contributed by atoms with van der Waals surface area (Å²) in [5, 5.41) is 6.88. The van der Waals surface area contributed by atoms with Gasteiger partial charge in [-0.05, 0) is 20.8 Å². The summed E-state index contributed by atoms with van der Waals surface area (Å²) in [5.41, 5.74) is 6.85. The number of hydrogen-bond donors (Lipinski definition) is 2. The highest BCUT2D eigenvalue weighted by Gasteiger charge is 2.21. The lowest BCUT2D eigenvalue weighted by molar-refractivity contribution is 0.0228. The molecular weight excluding hydrogens is 220 g/mol. The largest absolute Gasteiger partial charge is 0.395 e. The third-order valence-corrected chi connectivity index (χ3v) is 2.71. The molecule has 0 aliphatic rings. The van der Waals surface area contributed by atoms with E-state index in [2.05, 4.69) is 10.4 Å². The molecule has 3 N–H and O–H groups in total. The molecule has 1 aromatic rings. The molecule has 0 saturated carbocycles. The van der Waals surface area contributed by atoms with Gasteiger partial charge in [0.15, 0.2) is 0 Å². The van der Waals surface area contributed by atoms with E-state index in [0.717, 1.165) is 0 Å². The highest BCUT2D eigenvalue weighted by atomic mass is 16.5. The van der Waals surface area contributed by atoms with Crippen molar-refractivity contribution in [2.24, 2.45) is 7.05 Å². The highest BCUT2D eigenvalue weighted by molar-refractivity contribution is 5.97. The molecule has 0 bridgehead atoms. The quantitative estimate of drug-likeness (QED) is 0.801.